The number of imide groups is 1. The molecule has 2 aromatic carbocycles. The lowest BCUT2D eigenvalue weighted by molar-refractivity contribution is -0.384. The van der Waals surface area contributed by atoms with Crippen LogP contribution in [0.15, 0.2) is 63.9 Å². The van der Waals surface area contributed by atoms with Crippen molar-refractivity contribution in [3.05, 3.63) is 86.8 Å². The molecule has 2 heterocycles. The lowest BCUT2D eigenvalue weighted by atomic mass is 10.1. The summed E-state index contributed by atoms with van der Waals surface area (Å²) >= 11 is 0.659. The van der Waals surface area contributed by atoms with Crippen LogP contribution in [0.1, 0.15) is 11.3 Å². The number of carbonyl (C=O) groups excluding carboxylic acids is 2. The predicted molar refractivity (Wildman–Crippen MR) is 110 cm³/mol. The van der Waals surface area contributed by atoms with Gasteiger partial charge in [0.25, 0.3) is 16.8 Å². The van der Waals surface area contributed by atoms with E-state index in [1.54, 1.807) is 25.1 Å². The zero-order valence-electron chi connectivity index (χ0n) is 15.5. The third-order valence-electron chi connectivity index (χ3n) is 4.40. The highest BCUT2D eigenvalue weighted by Gasteiger charge is 2.37. The first-order valence-electron chi connectivity index (χ1n) is 8.73. The summed E-state index contributed by atoms with van der Waals surface area (Å²) in [7, 11) is 0. The summed E-state index contributed by atoms with van der Waals surface area (Å²) in [5, 5.41) is 10.7. The van der Waals surface area contributed by atoms with Crippen molar-refractivity contribution in [1.82, 2.24) is 0 Å². The van der Waals surface area contributed by atoms with Gasteiger partial charge in [0, 0.05) is 12.1 Å². The molecule has 1 aliphatic rings. The summed E-state index contributed by atoms with van der Waals surface area (Å²) in [4.78, 5) is 36.6. The van der Waals surface area contributed by atoms with Crippen molar-refractivity contribution in [3.63, 3.8) is 0 Å². The van der Waals surface area contributed by atoms with E-state index in [1.165, 1.54) is 36.4 Å². The molecule has 0 aliphatic carbocycles. The second-order valence-electron chi connectivity index (χ2n) is 6.45. The summed E-state index contributed by atoms with van der Waals surface area (Å²) in [6.07, 6.45) is 1.36. The molecule has 1 saturated heterocycles. The van der Waals surface area contributed by atoms with E-state index >= 15 is 0 Å². The maximum atomic E-state index is 14.0. The molecule has 1 fully saturated rings. The van der Waals surface area contributed by atoms with E-state index < -0.39 is 21.9 Å². The minimum Gasteiger partial charge on any atom is -0.456 e. The van der Waals surface area contributed by atoms with Gasteiger partial charge in [-0.25, -0.2) is 9.29 Å². The summed E-state index contributed by atoms with van der Waals surface area (Å²) in [5.74, 6) is -0.873. The van der Waals surface area contributed by atoms with Gasteiger partial charge < -0.3 is 4.42 Å². The molecule has 7 nitrogen and oxygen atoms in total. The standard InChI is InChI=1S/C21H13FN2O5S/c1-12-6-8-14(17(10-12)24(27)28)18-9-7-13(29-18)11-19-20(25)23(21(26)30-19)16-5-3-2-4-15(16)22/h2-11H,1H3/b19-11+. The third-order valence-corrected chi connectivity index (χ3v) is 5.27. The fourth-order valence-corrected chi connectivity index (χ4v) is 3.83. The summed E-state index contributed by atoms with van der Waals surface area (Å²) in [6.45, 7) is 1.75. The Morgan fingerprint density at radius 3 is 2.63 bits per heavy atom. The molecule has 0 N–H and O–H groups in total. The Kier molecular flexibility index (Phi) is 4.96. The van der Waals surface area contributed by atoms with Gasteiger partial charge in [0.1, 0.15) is 17.3 Å². The molecule has 0 atom stereocenters. The summed E-state index contributed by atoms with van der Waals surface area (Å²) in [6, 6.07) is 13.3. The monoisotopic (exact) mass is 424 g/mol. The number of halogens is 1. The Hall–Kier alpha value is -3.72. The second-order valence-corrected chi connectivity index (χ2v) is 7.44. The fourth-order valence-electron chi connectivity index (χ4n) is 3.01. The van der Waals surface area contributed by atoms with E-state index in [1.807, 2.05) is 0 Å². The lowest BCUT2D eigenvalue weighted by Crippen LogP contribution is -2.28. The Balaban J connectivity index is 1.66. The number of nitro benzene ring substituents is 1. The van der Waals surface area contributed by atoms with Crippen LogP contribution >= 0.6 is 11.8 Å². The van der Waals surface area contributed by atoms with Gasteiger partial charge >= 0.3 is 0 Å². The topological polar surface area (TPSA) is 93.7 Å². The van der Waals surface area contributed by atoms with Gasteiger partial charge in [0.05, 0.1) is 21.1 Å². The van der Waals surface area contributed by atoms with Gasteiger partial charge in [-0.3, -0.25) is 19.7 Å². The number of nitrogens with zero attached hydrogens (tertiary/aromatic N) is 2. The molecule has 3 aromatic rings. The van der Waals surface area contributed by atoms with E-state index in [4.69, 9.17) is 4.42 Å². The molecule has 1 aromatic heterocycles. The SMILES string of the molecule is Cc1ccc(-c2ccc(/C=C3/SC(=O)N(c4ccccc4F)C3=O)o2)c([N+](=O)[O-])c1. The molecule has 0 radical (unpaired) electrons. The van der Waals surface area contributed by atoms with E-state index in [-0.39, 0.29) is 27.8 Å². The van der Waals surface area contributed by atoms with Crippen molar-refractivity contribution in [3.8, 4) is 11.3 Å². The number of amides is 2. The average molecular weight is 424 g/mol. The van der Waals surface area contributed by atoms with Crippen LogP contribution in [0.4, 0.5) is 20.6 Å². The van der Waals surface area contributed by atoms with Crippen LogP contribution in [0.2, 0.25) is 0 Å². The number of para-hydroxylation sites is 1. The van der Waals surface area contributed by atoms with Crippen molar-refractivity contribution in [2.75, 3.05) is 4.90 Å². The zero-order valence-corrected chi connectivity index (χ0v) is 16.3. The third kappa shape index (κ3) is 3.50. The van der Waals surface area contributed by atoms with E-state index in [9.17, 15) is 24.1 Å². The molecule has 2 amide bonds. The number of benzene rings is 2. The molecule has 0 spiro atoms. The van der Waals surface area contributed by atoms with Crippen LogP contribution < -0.4 is 4.90 Å². The number of rotatable bonds is 4. The minimum absolute atomic E-state index is 0.0579. The lowest BCUT2D eigenvalue weighted by Gasteiger charge is -2.12. The fraction of sp³-hybridized carbons (Fsp3) is 0.0476. The highest BCUT2D eigenvalue weighted by Crippen LogP contribution is 2.38. The molecule has 0 bridgehead atoms. The quantitative estimate of drug-likeness (QED) is 0.310. The van der Waals surface area contributed by atoms with Crippen molar-refractivity contribution in [2.45, 2.75) is 6.92 Å². The molecule has 1 aliphatic heterocycles. The number of nitro groups is 1. The normalized spacial score (nSPS) is 15.3. The highest BCUT2D eigenvalue weighted by atomic mass is 32.2. The second kappa shape index (κ2) is 7.60. The molecule has 0 saturated carbocycles. The first-order chi connectivity index (χ1) is 14.3. The van der Waals surface area contributed by atoms with Crippen molar-refractivity contribution in [2.24, 2.45) is 0 Å². The van der Waals surface area contributed by atoms with Crippen LogP contribution in [0.5, 0.6) is 0 Å². The number of hydrogen-bond acceptors (Lipinski definition) is 6. The zero-order chi connectivity index (χ0) is 21.4. The Bertz CT molecular complexity index is 1230. The number of hydrogen-bond donors (Lipinski definition) is 0. The van der Waals surface area contributed by atoms with Gasteiger partial charge in [-0.1, -0.05) is 18.2 Å². The van der Waals surface area contributed by atoms with Crippen LogP contribution in [0.3, 0.4) is 0 Å². The minimum atomic E-state index is -0.687. The Morgan fingerprint density at radius 2 is 1.90 bits per heavy atom. The Morgan fingerprint density at radius 1 is 1.13 bits per heavy atom. The van der Waals surface area contributed by atoms with Crippen molar-refractivity contribution in [1.29, 1.82) is 0 Å². The maximum absolute atomic E-state index is 14.0. The first-order valence-corrected chi connectivity index (χ1v) is 9.54. The number of thioether (sulfide) groups is 1. The summed E-state index contributed by atoms with van der Waals surface area (Å²) in [5.41, 5.74) is 0.804. The molecule has 0 unspecified atom stereocenters. The van der Waals surface area contributed by atoms with Gasteiger partial charge in [0.15, 0.2) is 0 Å². The van der Waals surface area contributed by atoms with Crippen molar-refractivity contribution < 1.29 is 23.3 Å². The molecular formula is C21H13FN2O5S. The van der Waals surface area contributed by atoms with Gasteiger partial charge in [-0.15, -0.1) is 0 Å². The molecular weight excluding hydrogens is 411 g/mol. The number of furan rings is 1. The smallest absolute Gasteiger partial charge is 0.298 e. The predicted octanol–water partition coefficient (Wildman–Crippen LogP) is 5.54. The van der Waals surface area contributed by atoms with Gasteiger partial charge in [-0.2, -0.15) is 0 Å². The maximum Gasteiger partial charge on any atom is 0.298 e. The molecule has 150 valence electrons. The highest BCUT2D eigenvalue weighted by molar-refractivity contribution is 8.19. The number of aryl methyl sites for hydroxylation is 1. The summed E-state index contributed by atoms with van der Waals surface area (Å²) < 4.78 is 19.7. The largest absolute Gasteiger partial charge is 0.456 e. The van der Waals surface area contributed by atoms with E-state index in [0.29, 0.717) is 17.3 Å². The van der Waals surface area contributed by atoms with Crippen LogP contribution in [-0.2, 0) is 4.79 Å². The molecule has 9 heteroatoms. The number of anilines is 1. The van der Waals surface area contributed by atoms with Crippen LogP contribution in [0.25, 0.3) is 17.4 Å². The average Bonchev–Trinajstić information content (AvgIpc) is 3.27. The van der Waals surface area contributed by atoms with E-state index in [0.717, 1.165) is 16.5 Å². The number of carbonyl (C=O) groups is 2. The Labute approximate surface area is 173 Å². The molecule has 4 rings (SSSR count). The van der Waals surface area contributed by atoms with E-state index in [2.05, 4.69) is 0 Å². The van der Waals surface area contributed by atoms with Gasteiger partial charge in [-0.05, 0) is 54.6 Å². The van der Waals surface area contributed by atoms with Gasteiger partial charge in [0.2, 0.25) is 0 Å². The molecule has 30 heavy (non-hydrogen) atoms. The van der Waals surface area contributed by atoms with Crippen LogP contribution in [-0.4, -0.2) is 16.1 Å². The van der Waals surface area contributed by atoms with Crippen molar-refractivity contribution >= 4 is 40.4 Å². The van der Waals surface area contributed by atoms with Crippen LogP contribution in [0, 0.1) is 22.9 Å². The first kappa shape index (κ1) is 19.6.